The lowest BCUT2D eigenvalue weighted by atomic mass is 10.0. The number of nitrogens with zero attached hydrogens (tertiary/aromatic N) is 1. The molecule has 2 saturated heterocycles. The number of ether oxygens (including phenoxy) is 2. The third-order valence-electron chi connectivity index (χ3n) is 4.17. The minimum absolute atomic E-state index is 0.672. The standard InChI is InChI=1S/C16H23NO2S/c1-18-11-14-4-2-13(3-5-14)10-17-7-9-20-16-12-19-8-6-15(16)17/h2-5,15-16H,6-12H2,1H3/t15-,16-/m0/s1. The summed E-state index contributed by atoms with van der Waals surface area (Å²) in [5.41, 5.74) is 2.65. The van der Waals surface area contributed by atoms with Crippen LogP contribution in [0.5, 0.6) is 0 Å². The molecule has 0 aromatic heterocycles. The first kappa shape index (κ1) is 14.4. The molecule has 3 nitrogen and oxygen atoms in total. The van der Waals surface area contributed by atoms with Crippen molar-refractivity contribution in [1.82, 2.24) is 4.90 Å². The summed E-state index contributed by atoms with van der Waals surface area (Å²) < 4.78 is 10.8. The van der Waals surface area contributed by atoms with Gasteiger partial charge in [-0.1, -0.05) is 24.3 Å². The smallest absolute Gasteiger partial charge is 0.0713 e. The quantitative estimate of drug-likeness (QED) is 0.850. The fraction of sp³-hybridized carbons (Fsp3) is 0.625. The molecule has 1 aromatic rings. The van der Waals surface area contributed by atoms with E-state index in [4.69, 9.17) is 9.47 Å². The van der Waals surface area contributed by atoms with Crippen molar-refractivity contribution in [3.05, 3.63) is 35.4 Å². The van der Waals surface area contributed by atoms with Crippen LogP contribution in [-0.4, -0.2) is 48.8 Å². The SMILES string of the molecule is COCc1ccc(CN2CCS[C@H]3COCC[C@@H]32)cc1. The largest absolute Gasteiger partial charge is 0.380 e. The zero-order chi connectivity index (χ0) is 13.8. The van der Waals surface area contributed by atoms with Crippen molar-refractivity contribution in [2.75, 3.05) is 32.6 Å². The Labute approximate surface area is 125 Å². The van der Waals surface area contributed by atoms with Gasteiger partial charge in [0.2, 0.25) is 0 Å². The van der Waals surface area contributed by atoms with E-state index in [1.54, 1.807) is 7.11 Å². The molecule has 4 heteroatoms. The average Bonchev–Trinajstić information content (AvgIpc) is 2.50. The van der Waals surface area contributed by atoms with Gasteiger partial charge in [0.05, 0.1) is 13.2 Å². The van der Waals surface area contributed by atoms with Gasteiger partial charge in [-0.25, -0.2) is 0 Å². The third kappa shape index (κ3) is 3.37. The summed E-state index contributed by atoms with van der Waals surface area (Å²) in [6.45, 7) is 4.81. The molecule has 110 valence electrons. The van der Waals surface area contributed by atoms with Gasteiger partial charge in [0, 0.05) is 43.9 Å². The molecule has 2 atom stereocenters. The van der Waals surface area contributed by atoms with E-state index in [2.05, 4.69) is 40.9 Å². The number of fused-ring (bicyclic) bond motifs is 1. The monoisotopic (exact) mass is 293 g/mol. The molecule has 1 aromatic carbocycles. The van der Waals surface area contributed by atoms with Crippen molar-refractivity contribution >= 4 is 11.8 Å². The second-order valence-corrected chi connectivity index (χ2v) is 6.91. The molecule has 0 amide bonds. The predicted octanol–water partition coefficient (Wildman–Crippen LogP) is 2.54. The molecule has 0 radical (unpaired) electrons. The molecule has 2 aliphatic heterocycles. The molecule has 20 heavy (non-hydrogen) atoms. The zero-order valence-electron chi connectivity index (χ0n) is 12.1. The number of rotatable bonds is 4. The molecule has 0 bridgehead atoms. The topological polar surface area (TPSA) is 21.7 Å². The second-order valence-electron chi connectivity index (χ2n) is 5.56. The van der Waals surface area contributed by atoms with Gasteiger partial charge in [0.15, 0.2) is 0 Å². The lowest BCUT2D eigenvalue weighted by Crippen LogP contribution is -2.51. The number of methoxy groups -OCH3 is 1. The lowest BCUT2D eigenvalue weighted by Gasteiger charge is -2.43. The van der Waals surface area contributed by atoms with Gasteiger partial charge in [-0.3, -0.25) is 4.90 Å². The second kappa shape index (κ2) is 6.94. The molecule has 3 rings (SSSR count). The van der Waals surface area contributed by atoms with Crippen LogP contribution in [0, 0.1) is 0 Å². The first-order valence-electron chi connectivity index (χ1n) is 7.37. The molecule has 0 saturated carbocycles. The van der Waals surface area contributed by atoms with Crippen LogP contribution in [0.25, 0.3) is 0 Å². The van der Waals surface area contributed by atoms with Crippen LogP contribution in [0.1, 0.15) is 17.5 Å². The summed E-state index contributed by atoms with van der Waals surface area (Å²) in [6, 6.07) is 9.54. The maximum absolute atomic E-state index is 5.62. The van der Waals surface area contributed by atoms with Crippen LogP contribution in [0.15, 0.2) is 24.3 Å². The Morgan fingerprint density at radius 1 is 1.30 bits per heavy atom. The molecule has 2 heterocycles. The van der Waals surface area contributed by atoms with Crippen LogP contribution in [0.3, 0.4) is 0 Å². The minimum Gasteiger partial charge on any atom is -0.380 e. The average molecular weight is 293 g/mol. The van der Waals surface area contributed by atoms with E-state index in [1.165, 1.54) is 29.8 Å². The minimum atomic E-state index is 0.672. The van der Waals surface area contributed by atoms with Crippen LogP contribution < -0.4 is 0 Å². The molecular formula is C16H23NO2S. The first-order valence-corrected chi connectivity index (χ1v) is 8.42. The van der Waals surface area contributed by atoms with Crippen molar-refractivity contribution in [2.45, 2.75) is 30.9 Å². The first-order chi connectivity index (χ1) is 9.86. The Hall–Kier alpha value is -0.550. The maximum atomic E-state index is 5.62. The molecular weight excluding hydrogens is 270 g/mol. The summed E-state index contributed by atoms with van der Waals surface area (Å²) in [7, 11) is 1.74. The van der Waals surface area contributed by atoms with Crippen molar-refractivity contribution in [2.24, 2.45) is 0 Å². The van der Waals surface area contributed by atoms with Gasteiger partial charge < -0.3 is 9.47 Å². The fourth-order valence-corrected chi connectivity index (χ4v) is 4.47. The third-order valence-corrected chi connectivity index (χ3v) is 5.46. The van der Waals surface area contributed by atoms with E-state index >= 15 is 0 Å². The summed E-state index contributed by atoms with van der Waals surface area (Å²) in [4.78, 5) is 2.65. The number of benzene rings is 1. The highest BCUT2D eigenvalue weighted by atomic mass is 32.2. The molecule has 0 N–H and O–H groups in total. The molecule has 0 aliphatic carbocycles. The van der Waals surface area contributed by atoms with Crippen LogP contribution in [0.4, 0.5) is 0 Å². The fourth-order valence-electron chi connectivity index (χ4n) is 3.10. The molecule has 0 spiro atoms. The predicted molar refractivity (Wildman–Crippen MR) is 83.0 cm³/mol. The van der Waals surface area contributed by atoms with Crippen molar-refractivity contribution in [3.63, 3.8) is 0 Å². The zero-order valence-corrected chi connectivity index (χ0v) is 12.9. The van der Waals surface area contributed by atoms with E-state index in [-0.39, 0.29) is 0 Å². The van der Waals surface area contributed by atoms with Gasteiger partial charge in [0.25, 0.3) is 0 Å². The van der Waals surface area contributed by atoms with Crippen LogP contribution >= 0.6 is 11.8 Å². The lowest BCUT2D eigenvalue weighted by molar-refractivity contribution is 0.0351. The highest BCUT2D eigenvalue weighted by Gasteiger charge is 2.34. The van der Waals surface area contributed by atoms with E-state index in [9.17, 15) is 0 Å². The number of hydrogen-bond acceptors (Lipinski definition) is 4. The van der Waals surface area contributed by atoms with Gasteiger partial charge in [0.1, 0.15) is 0 Å². The highest BCUT2D eigenvalue weighted by Crippen LogP contribution is 2.31. The van der Waals surface area contributed by atoms with Crippen LogP contribution in [-0.2, 0) is 22.6 Å². The Bertz CT molecular complexity index is 421. The summed E-state index contributed by atoms with van der Waals surface area (Å²) in [5.74, 6) is 1.23. The number of thioether (sulfide) groups is 1. The Balaban J connectivity index is 1.63. The molecule has 2 fully saturated rings. The van der Waals surface area contributed by atoms with Crippen LogP contribution in [0.2, 0.25) is 0 Å². The molecule has 0 unspecified atom stereocenters. The van der Waals surface area contributed by atoms with E-state index in [0.29, 0.717) is 17.9 Å². The van der Waals surface area contributed by atoms with E-state index < -0.39 is 0 Å². The number of hydrogen-bond donors (Lipinski definition) is 0. The Morgan fingerprint density at radius 3 is 2.90 bits per heavy atom. The van der Waals surface area contributed by atoms with E-state index in [0.717, 1.165) is 19.8 Å². The van der Waals surface area contributed by atoms with Gasteiger partial charge in [-0.05, 0) is 17.5 Å². The van der Waals surface area contributed by atoms with Crippen molar-refractivity contribution in [1.29, 1.82) is 0 Å². The summed E-state index contributed by atoms with van der Waals surface area (Å²) in [6.07, 6.45) is 1.18. The van der Waals surface area contributed by atoms with Crippen molar-refractivity contribution in [3.8, 4) is 0 Å². The Morgan fingerprint density at radius 2 is 2.10 bits per heavy atom. The highest BCUT2D eigenvalue weighted by molar-refractivity contribution is 8.00. The van der Waals surface area contributed by atoms with Crippen molar-refractivity contribution < 1.29 is 9.47 Å². The maximum Gasteiger partial charge on any atom is 0.0713 e. The normalized spacial score (nSPS) is 27.2. The summed E-state index contributed by atoms with van der Waals surface area (Å²) >= 11 is 2.09. The summed E-state index contributed by atoms with van der Waals surface area (Å²) in [5, 5.41) is 0.672. The van der Waals surface area contributed by atoms with E-state index in [1.807, 2.05) is 0 Å². The Kier molecular flexibility index (Phi) is 4.99. The van der Waals surface area contributed by atoms with Gasteiger partial charge in [-0.15, -0.1) is 0 Å². The van der Waals surface area contributed by atoms with Gasteiger partial charge >= 0.3 is 0 Å². The molecule has 2 aliphatic rings. The van der Waals surface area contributed by atoms with Gasteiger partial charge in [-0.2, -0.15) is 11.8 Å².